The summed E-state index contributed by atoms with van der Waals surface area (Å²) in [6, 6.07) is 70.2. The molecule has 0 radical (unpaired) electrons. The van der Waals surface area contributed by atoms with Crippen molar-refractivity contribution in [3.63, 3.8) is 0 Å². The number of anilines is 3. The normalized spacial score (nSPS) is 18.3. The van der Waals surface area contributed by atoms with Gasteiger partial charge in [-0.05, 0) is 158 Å². The third-order valence-electron chi connectivity index (χ3n) is 14.4. The van der Waals surface area contributed by atoms with Crippen LogP contribution in [0.5, 0.6) is 0 Å². The van der Waals surface area contributed by atoms with Crippen molar-refractivity contribution in [3.05, 3.63) is 210 Å². The third-order valence-corrected chi connectivity index (χ3v) is 14.4. The topological polar surface area (TPSA) is 3.24 Å². The molecule has 2 saturated carbocycles. The lowest BCUT2D eigenvalue weighted by atomic mass is 9.82. The molecule has 0 saturated heterocycles. The molecule has 1 nitrogen and oxygen atoms in total. The molecule has 1 heteroatoms. The molecule has 0 N–H and O–H groups in total. The first kappa shape index (κ1) is 36.6. The van der Waals surface area contributed by atoms with Crippen molar-refractivity contribution in [1.82, 2.24) is 0 Å². The third kappa shape index (κ3) is 6.22. The van der Waals surface area contributed by atoms with E-state index in [-0.39, 0.29) is 5.41 Å². The summed E-state index contributed by atoms with van der Waals surface area (Å²) in [4.78, 5) is 2.44. The van der Waals surface area contributed by atoms with Gasteiger partial charge in [0.2, 0.25) is 0 Å². The predicted molar refractivity (Wildman–Crippen MR) is 253 cm³/mol. The Balaban J connectivity index is 0.971. The lowest BCUT2D eigenvalue weighted by molar-refractivity contribution is 0.420. The van der Waals surface area contributed by atoms with Gasteiger partial charge in [-0.3, -0.25) is 0 Å². The quantitative estimate of drug-likeness (QED) is 0.149. The van der Waals surface area contributed by atoms with Crippen LogP contribution in [0.25, 0.3) is 55.6 Å². The largest absolute Gasteiger partial charge is 0.310 e. The SMILES string of the molecule is Cc1cccc2c1-c1ccc(N(c3ccc(-c4ccc(C5CC6CCC5C6)cc4)cc3)c3ccc(-c4ccccc4-c4ccccc4-c4ccccc4)cc3)cc1C2(C)C. The molecule has 0 aromatic heterocycles. The highest BCUT2D eigenvalue weighted by molar-refractivity contribution is 5.93. The smallest absolute Gasteiger partial charge is 0.0465 e. The van der Waals surface area contributed by atoms with Gasteiger partial charge in [-0.1, -0.05) is 172 Å². The fourth-order valence-corrected chi connectivity index (χ4v) is 11.3. The minimum Gasteiger partial charge on any atom is -0.310 e. The van der Waals surface area contributed by atoms with Crippen molar-refractivity contribution in [2.24, 2.45) is 11.8 Å². The molecule has 3 atom stereocenters. The number of rotatable bonds is 8. The van der Waals surface area contributed by atoms with Crippen LogP contribution in [0.2, 0.25) is 0 Å². The highest BCUT2D eigenvalue weighted by atomic mass is 15.1. The van der Waals surface area contributed by atoms with E-state index in [1.807, 2.05) is 0 Å². The summed E-state index contributed by atoms with van der Waals surface area (Å²) >= 11 is 0. The maximum atomic E-state index is 2.45. The second-order valence-electron chi connectivity index (χ2n) is 18.1. The van der Waals surface area contributed by atoms with E-state index in [9.17, 15) is 0 Å². The van der Waals surface area contributed by atoms with E-state index in [1.165, 1.54) is 109 Å². The molecule has 11 rings (SSSR count). The van der Waals surface area contributed by atoms with Gasteiger partial charge in [-0.2, -0.15) is 0 Å². The number of hydrogen-bond donors (Lipinski definition) is 0. The second-order valence-corrected chi connectivity index (χ2v) is 18.1. The maximum Gasteiger partial charge on any atom is 0.0465 e. The summed E-state index contributed by atoms with van der Waals surface area (Å²) in [6.45, 7) is 7.01. The van der Waals surface area contributed by atoms with Gasteiger partial charge in [-0.15, -0.1) is 0 Å². The first-order valence-electron chi connectivity index (χ1n) is 22.0. The van der Waals surface area contributed by atoms with E-state index in [0.717, 1.165) is 29.1 Å². The molecule has 3 unspecified atom stereocenters. The fraction of sp³-hybridized carbons (Fsp3) is 0.186. The van der Waals surface area contributed by atoms with Gasteiger partial charge in [-0.25, -0.2) is 0 Å². The van der Waals surface area contributed by atoms with Crippen LogP contribution in [0, 0.1) is 18.8 Å². The Kier molecular flexibility index (Phi) is 8.96. The Labute approximate surface area is 356 Å². The Bertz CT molecular complexity index is 2850. The first-order valence-corrected chi connectivity index (χ1v) is 22.0. The number of benzene rings is 8. The van der Waals surface area contributed by atoms with Gasteiger partial charge < -0.3 is 4.90 Å². The standard InChI is InChI=1S/C59H51N/c1-39-12-11-19-56-58(39)54-35-34-49(38-57(54)59(56,2)3)60(47-30-26-42(27-31-47)41-22-24-45(25-23-41)55-37-40-20-21-46(55)36-40)48-32-28-44(29-33-48)51-16-8-10-18-53(51)52-17-9-7-15-50(52)43-13-5-4-6-14-43/h4-19,22-35,38,40,46,55H,20-21,36-37H2,1-3H3. The minimum absolute atomic E-state index is 0.101. The Morgan fingerprint density at radius 1 is 0.433 bits per heavy atom. The number of aryl methyl sites for hydroxylation is 1. The van der Waals surface area contributed by atoms with E-state index in [4.69, 9.17) is 0 Å². The molecular formula is C59H51N. The average Bonchev–Trinajstić information content (AvgIpc) is 4.00. The molecule has 0 aliphatic heterocycles. The van der Waals surface area contributed by atoms with Gasteiger partial charge in [0, 0.05) is 22.5 Å². The molecule has 60 heavy (non-hydrogen) atoms. The van der Waals surface area contributed by atoms with Gasteiger partial charge in [0.05, 0.1) is 0 Å². The number of fused-ring (bicyclic) bond motifs is 5. The van der Waals surface area contributed by atoms with Crippen LogP contribution in [0.4, 0.5) is 17.1 Å². The molecular weight excluding hydrogens is 723 g/mol. The van der Waals surface area contributed by atoms with Crippen LogP contribution >= 0.6 is 0 Å². The summed E-state index contributed by atoms with van der Waals surface area (Å²) in [5.41, 5.74) is 21.6. The average molecular weight is 774 g/mol. The van der Waals surface area contributed by atoms with Gasteiger partial charge in [0.25, 0.3) is 0 Å². The molecule has 3 aliphatic rings. The molecule has 0 spiro atoms. The van der Waals surface area contributed by atoms with E-state index in [0.29, 0.717) is 0 Å². The first-order chi connectivity index (χ1) is 29.4. The molecule has 0 amide bonds. The van der Waals surface area contributed by atoms with Crippen LogP contribution < -0.4 is 4.90 Å². The molecule has 2 fully saturated rings. The van der Waals surface area contributed by atoms with E-state index >= 15 is 0 Å². The molecule has 8 aromatic carbocycles. The zero-order chi connectivity index (χ0) is 40.4. The van der Waals surface area contributed by atoms with Crippen molar-refractivity contribution in [1.29, 1.82) is 0 Å². The van der Waals surface area contributed by atoms with Crippen molar-refractivity contribution in [2.45, 2.75) is 57.8 Å². The summed E-state index contributed by atoms with van der Waals surface area (Å²) < 4.78 is 0. The highest BCUT2D eigenvalue weighted by Gasteiger charge is 2.40. The van der Waals surface area contributed by atoms with Crippen LogP contribution in [0.15, 0.2) is 188 Å². The Morgan fingerprint density at radius 3 is 1.58 bits per heavy atom. The zero-order valence-corrected chi connectivity index (χ0v) is 34.9. The second kappa shape index (κ2) is 14.7. The number of nitrogens with zero attached hydrogens (tertiary/aromatic N) is 1. The maximum absolute atomic E-state index is 2.45. The van der Waals surface area contributed by atoms with Gasteiger partial charge in [0.15, 0.2) is 0 Å². The van der Waals surface area contributed by atoms with Crippen LogP contribution in [0.3, 0.4) is 0 Å². The fourth-order valence-electron chi connectivity index (χ4n) is 11.3. The van der Waals surface area contributed by atoms with Crippen molar-refractivity contribution in [2.75, 3.05) is 4.90 Å². The van der Waals surface area contributed by atoms with Crippen molar-refractivity contribution >= 4 is 17.1 Å². The Morgan fingerprint density at radius 2 is 0.983 bits per heavy atom. The molecule has 0 heterocycles. The lowest BCUT2D eigenvalue weighted by Crippen LogP contribution is -2.16. The van der Waals surface area contributed by atoms with Crippen molar-refractivity contribution in [3.8, 4) is 55.6 Å². The van der Waals surface area contributed by atoms with E-state index < -0.39 is 0 Å². The predicted octanol–water partition coefficient (Wildman–Crippen LogP) is 16.3. The van der Waals surface area contributed by atoms with E-state index in [1.54, 1.807) is 0 Å². The summed E-state index contributed by atoms with van der Waals surface area (Å²) in [5.74, 6) is 2.61. The van der Waals surface area contributed by atoms with Crippen LogP contribution in [-0.4, -0.2) is 0 Å². The summed E-state index contributed by atoms with van der Waals surface area (Å²) in [7, 11) is 0. The number of hydrogen-bond acceptors (Lipinski definition) is 1. The molecule has 292 valence electrons. The molecule has 8 aromatic rings. The lowest BCUT2D eigenvalue weighted by Gasteiger charge is -2.28. The zero-order valence-electron chi connectivity index (χ0n) is 34.9. The summed E-state index contributed by atoms with van der Waals surface area (Å²) in [6.07, 6.45) is 5.69. The summed E-state index contributed by atoms with van der Waals surface area (Å²) in [5, 5.41) is 0. The monoisotopic (exact) mass is 773 g/mol. The molecule has 2 bridgehead atoms. The van der Waals surface area contributed by atoms with Crippen LogP contribution in [0.1, 0.15) is 67.7 Å². The van der Waals surface area contributed by atoms with Crippen LogP contribution in [-0.2, 0) is 5.41 Å². The van der Waals surface area contributed by atoms with Gasteiger partial charge >= 0.3 is 0 Å². The minimum atomic E-state index is -0.101. The van der Waals surface area contributed by atoms with Crippen molar-refractivity contribution < 1.29 is 0 Å². The van der Waals surface area contributed by atoms with Gasteiger partial charge in [0.1, 0.15) is 0 Å². The molecule has 3 aliphatic carbocycles. The van der Waals surface area contributed by atoms with E-state index in [2.05, 4.69) is 214 Å². The highest BCUT2D eigenvalue weighted by Crippen LogP contribution is 2.54. The Hall–Kier alpha value is -6.44.